The lowest BCUT2D eigenvalue weighted by molar-refractivity contribution is -0.144. The Bertz CT molecular complexity index is 1760. The molecule has 3 heterocycles. The molecule has 1 aliphatic heterocycles. The Balaban J connectivity index is 1.35. The molecule has 1 N–H and O–H groups in total. The van der Waals surface area contributed by atoms with Gasteiger partial charge < -0.3 is 14.8 Å². The first-order valence-corrected chi connectivity index (χ1v) is 14.9. The summed E-state index contributed by atoms with van der Waals surface area (Å²) in [7, 11) is 0. The molecule has 3 aromatic carbocycles. The smallest absolute Gasteiger partial charge is 0.247 e. The number of H-pyrrole nitrogens is 1. The third kappa shape index (κ3) is 6.54. The van der Waals surface area contributed by atoms with Gasteiger partial charge in [0, 0.05) is 43.5 Å². The zero-order valence-corrected chi connectivity index (χ0v) is 25.1. The van der Waals surface area contributed by atoms with E-state index in [1.807, 2.05) is 97.6 Å². The van der Waals surface area contributed by atoms with Gasteiger partial charge in [-0.15, -0.1) is 0 Å². The van der Waals surface area contributed by atoms with Crippen LogP contribution in [0.4, 0.5) is 0 Å². The van der Waals surface area contributed by atoms with Gasteiger partial charge in [0.1, 0.15) is 18.7 Å². The fourth-order valence-corrected chi connectivity index (χ4v) is 5.87. The summed E-state index contributed by atoms with van der Waals surface area (Å²) in [5.74, 6) is -0.256. The van der Waals surface area contributed by atoms with E-state index in [0.29, 0.717) is 19.5 Å². The second-order valence-corrected chi connectivity index (χ2v) is 11.3. The van der Waals surface area contributed by atoms with Crippen molar-refractivity contribution in [2.75, 3.05) is 6.54 Å². The van der Waals surface area contributed by atoms with Crippen molar-refractivity contribution in [2.24, 2.45) is 0 Å². The van der Waals surface area contributed by atoms with Crippen LogP contribution in [0.2, 0.25) is 0 Å². The van der Waals surface area contributed by atoms with Crippen LogP contribution in [0.1, 0.15) is 39.2 Å². The first kappa shape index (κ1) is 28.9. The molecule has 44 heavy (non-hydrogen) atoms. The van der Waals surface area contributed by atoms with Crippen LogP contribution in [-0.2, 0) is 35.5 Å². The minimum atomic E-state index is -0.691. The number of hydrogen-bond acceptors (Lipinski definition) is 4. The van der Waals surface area contributed by atoms with Gasteiger partial charge in [0.25, 0.3) is 0 Å². The predicted molar refractivity (Wildman–Crippen MR) is 171 cm³/mol. The first-order valence-electron chi connectivity index (χ1n) is 14.9. The Labute approximate surface area is 257 Å². The van der Waals surface area contributed by atoms with E-state index in [1.54, 1.807) is 22.0 Å². The van der Waals surface area contributed by atoms with Crippen LogP contribution >= 0.6 is 0 Å². The van der Waals surface area contributed by atoms with E-state index in [1.165, 1.54) is 11.9 Å². The maximum Gasteiger partial charge on any atom is 0.247 e. The highest BCUT2D eigenvalue weighted by molar-refractivity contribution is 5.96. The van der Waals surface area contributed by atoms with E-state index in [0.717, 1.165) is 45.7 Å². The summed E-state index contributed by atoms with van der Waals surface area (Å²) in [4.78, 5) is 39.6. The van der Waals surface area contributed by atoms with Crippen molar-refractivity contribution in [3.05, 3.63) is 143 Å². The number of nitrogens with zero attached hydrogens (tertiary/aromatic N) is 5. The summed E-state index contributed by atoms with van der Waals surface area (Å²) in [5.41, 5.74) is 8.19. The van der Waals surface area contributed by atoms with Gasteiger partial charge in [-0.05, 0) is 72.4 Å². The Morgan fingerprint density at radius 1 is 0.955 bits per heavy atom. The van der Waals surface area contributed by atoms with Crippen LogP contribution in [0.5, 0.6) is 0 Å². The van der Waals surface area contributed by atoms with E-state index in [9.17, 15) is 9.59 Å². The van der Waals surface area contributed by atoms with Crippen molar-refractivity contribution in [3.8, 4) is 5.69 Å². The second-order valence-electron chi connectivity index (χ2n) is 11.3. The highest BCUT2D eigenvalue weighted by Crippen LogP contribution is 2.23. The molecule has 1 atom stereocenters. The van der Waals surface area contributed by atoms with Gasteiger partial charge in [0.05, 0.1) is 5.69 Å². The lowest BCUT2D eigenvalue weighted by atomic mass is 9.97. The Morgan fingerprint density at radius 2 is 1.70 bits per heavy atom. The van der Waals surface area contributed by atoms with Gasteiger partial charge >= 0.3 is 0 Å². The number of benzene rings is 3. The summed E-state index contributed by atoms with van der Waals surface area (Å²) >= 11 is 0. The van der Waals surface area contributed by atoms with Crippen LogP contribution in [0.25, 0.3) is 11.8 Å². The van der Waals surface area contributed by atoms with Crippen LogP contribution in [0.3, 0.4) is 0 Å². The van der Waals surface area contributed by atoms with E-state index < -0.39 is 6.04 Å². The Morgan fingerprint density at radius 3 is 2.41 bits per heavy atom. The van der Waals surface area contributed by atoms with E-state index in [-0.39, 0.29) is 18.4 Å². The number of rotatable bonds is 9. The summed E-state index contributed by atoms with van der Waals surface area (Å²) in [5, 5.41) is 4.21. The molecule has 2 amide bonds. The normalized spacial score (nSPS) is 13.5. The summed E-state index contributed by atoms with van der Waals surface area (Å²) < 4.78 is 1.69. The third-order valence-electron chi connectivity index (χ3n) is 8.23. The number of aromatic amines is 1. The molecular weight excluding hydrogens is 548 g/mol. The molecule has 8 nitrogen and oxygen atoms in total. The van der Waals surface area contributed by atoms with Crippen molar-refractivity contribution in [1.82, 2.24) is 29.5 Å². The molecule has 0 saturated heterocycles. The fourth-order valence-electron chi connectivity index (χ4n) is 5.87. The zero-order chi connectivity index (χ0) is 30.5. The molecule has 2 aromatic heterocycles. The molecule has 0 saturated carbocycles. The average molecular weight is 585 g/mol. The van der Waals surface area contributed by atoms with Gasteiger partial charge in [-0.3, -0.25) is 9.59 Å². The van der Waals surface area contributed by atoms with Gasteiger partial charge in [0.2, 0.25) is 11.8 Å². The fraction of sp³-hybridized carbons (Fsp3) is 0.222. The molecule has 222 valence electrons. The number of fused-ring (bicyclic) bond motifs is 1. The quantitative estimate of drug-likeness (QED) is 0.234. The highest BCUT2D eigenvalue weighted by atomic mass is 16.2. The van der Waals surface area contributed by atoms with Crippen molar-refractivity contribution in [3.63, 3.8) is 0 Å². The monoisotopic (exact) mass is 584 g/mol. The molecular formula is C36H36N6O2. The SMILES string of the molecule is Cc1cc(C=CC(=O)N(Cc2ccc(-n3cncn3)cc2)[C@@H](Cc2ccccc2)C(=O)N2CCc3ccccc3C2)c(C)[nH]1. The Kier molecular flexibility index (Phi) is 8.50. The van der Waals surface area contributed by atoms with Crippen LogP contribution in [-0.4, -0.2) is 53.9 Å². The molecule has 6 rings (SSSR count). The molecule has 1 aliphatic rings. The molecule has 0 radical (unpaired) electrons. The summed E-state index contributed by atoms with van der Waals surface area (Å²) in [6.07, 6.45) is 7.78. The summed E-state index contributed by atoms with van der Waals surface area (Å²) in [6.45, 7) is 5.41. The zero-order valence-electron chi connectivity index (χ0n) is 25.1. The molecule has 0 spiro atoms. The predicted octanol–water partition coefficient (Wildman–Crippen LogP) is 5.45. The first-order chi connectivity index (χ1) is 21.4. The van der Waals surface area contributed by atoms with Crippen molar-refractivity contribution >= 4 is 17.9 Å². The van der Waals surface area contributed by atoms with Crippen molar-refractivity contribution in [1.29, 1.82) is 0 Å². The third-order valence-corrected chi connectivity index (χ3v) is 8.23. The maximum atomic E-state index is 14.5. The second kappa shape index (κ2) is 13.0. The van der Waals surface area contributed by atoms with Gasteiger partial charge in [0.15, 0.2) is 0 Å². The standard InChI is InChI=1S/C36H36N6O2/c1-26-20-31(27(2)39-26)14-17-35(43)41(22-29-12-15-33(16-13-29)42-25-37-24-38-42)34(21-28-8-4-3-5-9-28)36(44)40-19-18-30-10-6-7-11-32(30)23-40/h3-17,20,24-25,34,39H,18-19,21-23H2,1-2H3/t34-/m0/s1. The van der Waals surface area contributed by atoms with Crippen LogP contribution < -0.4 is 0 Å². The number of aromatic nitrogens is 4. The maximum absolute atomic E-state index is 14.5. The van der Waals surface area contributed by atoms with Gasteiger partial charge in [-0.2, -0.15) is 5.10 Å². The van der Waals surface area contributed by atoms with E-state index in [2.05, 4.69) is 27.2 Å². The van der Waals surface area contributed by atoms with Crippen LogP contribution in [0, 0.1) is 13.8 Å². The molecule has 5 aromatic rings. The molecule has 0 bridgehead atoms. The average Bonchev–Trinajstić information content (AvgIpc) is 3.71. The van der Waals surface area contributed by atoms with E-state index >= 15 is 0 Å². The largest absolute Gasteiger partial charge is 0.362 e. The van der Waals surface area contributed by atoms with Crippen molar-refractivity contribution in [2.45, 2.75) is 45.8 Å². The number of nitrogens with one attached hydrogen (secondary N) is 1. The number of aryl methyl sites for hydroxylation is 2. The topological polar surface area (TPSA) is 87.1 Å². The Hall–Kier alpha value is -5.24. The van der Waals surface area contributed by atoms with Gasteiger partial charge in [-0.25, -0.2) is 9.67 Å². The molecule has 0 fully saturated rings. The van der Waals surface area contributed by atoms with Crippen LogP contribution in [0.15, 0.2) is 104 Å². The minimum absolute atomic E-state index is 0.0435. The lowest BCUT2D eigenvalue weighted by Crippen LogP contribution is -2.52. The van der Waals surface area contributed by atoms with Crippen molar-refractivity contribution < 1.29 is 9.59 Å². The lowest BCUT2D eigenvalue weighted by Gasteiger charge is -2.37. The summed E-state index contributed by atoms with van der Waals surface area (Å²) in [6, 6.07) is 27.4. The van der Waals surface area contributed by atoms with Gasteiger partial charge in [-0.1, -0.05) is 66.7 Å². The number of amides is 2. The van der Waals surface area contributed by atoms with E-state index in [4.69, 9.17) is 0 Å². The number of carbonyl (C=O) groups excluding carboxylic acids is 2. The number of hydrogen-bond donors (Lipinski definition) is 1. The molecule has 0 unspecified atom stereocenters. The minimum Gasteiger partial charge on any atom is -0.362 e. The number of carbonyl (C=O) groups is 2. The molecule has 8 heteroatoms. The highest BCUT2D eigenvalue weighted by Gasteiger charge is 2.34. The molecule has 0 aliphatic carbocycles.